The molecule has 6 rings (SSSR count). The van der Waals surface area contributed by atoms with Crippen LogP contribution in [-0.2, 0) is 5.41 Å². The van der Waals surface area contributed by atoms with Crippen LogP contribution in [0.25, 0.3) is 0 Å². The zero-order valence-electron chi connectivity index (χ0n) is 16.9. The van der Waals surface area contributed by atoms with Gasteiger partial charge in [0.1, 0.15) is 4.99 Å². The van der Waals surface area contributed by atoms with Crippen molar-refractivity contribution in [2.75, 3.05) is 6.54 Å². The maximum atomic E-state index is 5.89. The summed E-state index contributed by atoms with van der Waals surface area (Å²) in [5.41, 5.74) is 9.03. The lowest BCUT2D eigenvalue weighted by Gasteiger charge is -2.97. The Labute approximate surface area is 174 Å². The Morgan fingerprint density at radius 2 is 1.86 bits per heavy atom. The number of thiocarbonyl (C=S) groups is 1. The Kier molecular flexibility index (Phi) is 3.65. The van der Waals surface area contributed by atoms with Crippen LogP contribution in [0.15, 0.2) is 35.3 Å². The summed E-state index contributed by atoms with van der Waals surface area (Å²) < 4.78 is 0. The molecule has 0 bridgehead atoms. The molecule has 5 aliphatic rings. The Hall–Kier alpha value is -1.06. The van der Waals surface area contributed by atoms with Crippen molar-refractivity contribution >= 4 is 23.4 Å². The molecule has 2 N–H and O–H groups in total. The van der Waals surface area contributed by atoms with Crippen molar-refractivity contribution in [1.29, 1.82) is 0 Å². The molecule has 0 aromatic heterocycles. The van der Waals surface area contributed by atoms with Crippen LogP contribution in [0.5, 0.6) is 0 Å². The van der Waals surface area contributed by atoms with Gasteiger partial charge in [-0.05, 0) is 91.6 Å². The highest BCUT2D eigenvalue weighted by molar-refractivity contribution is 7.80. The molecule has 5 fully saturated rings. The lowest BCUT2D eigenvalue weighted by Crippen LogP contribution is -2.94. The third-order valence-electron chi connectivity index (χ3n) is 10.0. The Balaban J connectivity index is 1.17. The molecule has 6 atom stereocenters. The van der Waals surface area contributed by atoms with Crippen molar-refractivity contribution < 1.29 is 0 Å². The normalized spacial score (nSPS) is 50.4. The molecule has 5 aliphatic carbocycles. The van der Waals surface area contributed by atoms with E-state index in [-0.39, 0.29) is 0 Å². The fourth-order valence-electron chi connectivity index (χ4n) is 9.09. The molecule has 0 aliphatic heterocycles. The van der Waals surface area contributed by atoms with Crippen molar-refractivity contribution in [2.24, 2.45) is 51.1 Å². The minimum Gasteiger partial charge on any atom is -0.330 e. The summed E-state index contributed by atoms with van der Waals surface area (Å²) in [5.74, 6) is 3.52. The zero-order valence-corrected chi connectivity index (χ0v) is 17.8. The fourth-order valence-corrected chi connectivity index (χ4v) is 9.48. The van der Waals surface area contributed by atoms with Crippen molar-refractivity contribution in [3.63, 3.8) is 0 Å². The lowest BCUT2D eigenvalue weighted by atomic mass is 9.06. The summed E-state index contributed by atoms with van der Waals surface area (Å²) in [4.78, 5) is 5.91. The van der Waals surface area contributed by atoms with Gasteiger partial charge in [0.05, 0.1) is 0 Å². The van der Waals surface area contributed by atoms with Crippen molar-refractivity contribution in [3.8, 4) is 0 Å². The number of hydrogen-bond acceptors (Lipinski definition) is 2. The Morgan fingerprint density at radius 1 is 1.14 bits per heavy atom. The molecule has 0 radical (unpaired) electrons. The highest BCUT2D eigenvalue weighted by atomic mass is 32.1. The lowest BCUT2D eigenvalue weighted by molar-refractivity contribution is -0.457. The minimum absolute atomic E-state index is 0.465. The van der Waals surface area contributed by atoms with Gasteiger partial charge >= 0.3 is 0 Å². The minimum atomic E-state index is 0.465. The molecular formula is C25H32N2S. The summed E-state index contributed by atoms with van der Waals surface area (Å²) in [6.45, 7) is 3.40. The van der Waals surface area contributed by atoms with Gasteiger partial charge in [-0.3, -0.25) is 4.99 Å². The van der Waals surface area contributed by atoms with E-state index in [0.29, 0.717) is 28.1 Å². The van der Waals surface area contributed by atoms with Crippen molar-refractivity contribution in [1.82, 2.24) is 0 Å². The maximum Gasteiger partial charge on any atom is 0.106 e. The van der Waals surface area contributed by atoms with E-state index in [1.165, 1.54) is 44.9 Å². The molecule has 3 heteroatoms. The summed E-state index contributed by atoms with van der Waals surface area (Å²) in [5, 5.41) is 0. The first kappa shape index (κ1) is 17.8. The summed E-state index contributed by atoms with van der Waals surface area (Å²) in [6, 6.07) is 11.4. The smallest absolute Gasteiger partial charge is 0.106 e. The molecule has 0 heterocycles. The molecular weight excluding hydrogens is 360 g/mol. The van der Waals surface area contributed by atoms with Gasteiger partial charge in [0, 0.05) is 17.5 Å². The molecule has 6 unspecified atom stereocenters. The quantitative estimate of drug-likeness (QED) is 0.568. The van der Waals surface area contributed by atoms with Gasteiger partial charge < -0.3 is 5.73 Å². The van der Waals surface area contributed by atoms with E-state index in [2.05, 4.69) is 43.5 Å². The van der Waals surface area contributed by atoms with Crippen LogP contribution in [0, 0.1) is 40.4 Å². The van der Waals surface area contributed by atoms with Crippen LogP contribution < -0.4 is 5.73 Å². The molecule has 0 saturated heterocycles. The zero-order chi connectivity index (χ0) is 19.1. The van der Waals surface area contributed by atoms with E-state index in [9.17, 15) is 0 Å². The van der Waals surface area contributed by atoms with E-state index in [0.717, 1.165) is 29.3 Å². The van der Waals surface area contributed by atoms with Gasteiger partial charge in [0.15, 0.2) is 0 Å². The van der Waals surface area contributed by atoms with E-state index < -0.39 is 0 Å². The van der Waals surface area contributed by atoms with Gasteiger partial charge in [-0.2, -0.15) is 0 Å². The van der Waals surface area contributed by atoms with Gasteiger partial charge in [-0.25, -0.2) is 0 Å². The van der Waals surface area contributed by atoms with Crippen LogP contribution in [0.4, 0.5) is 0 Å². The Bertz CT molecular complexity index is 833. The molecule has 0 amide bonds. The SMILES string of the molecule is CC12CC3C(C(=S)/N=C/C4CCC(CN)CC4)C4CC(c5ccccc5)(C1)C342. The second-order valence-electron chi connectivity index (χ2n) is 10.8. The highest BCUT2D eigenvalue weighted by Gasteiger charge is 2.95. The molecule has 28 heavy (non-hydrogen) atoms. The third-order valence-corrected chi connectivity index (χ3v) is 10.4. The topological polar surface area (TPSA) is 38.4 Å². The molecule has 1 aromatic carbocycles. The molecule has 1 aromatic rings. The first-order chi connectivity index (χ1) is 13.6. The highest BCUT2D eigenvalue weighted by Crippen LogP contribution is 2.98. The van der Waals surface area contributed by atoms with Crippen molar-refractivity contribution in [3.05, 3.63) is 35.9 Å². The van der Waals surface area contributed by atoms with Crippen LogP contribution >= 0.6 is 12.2 Å². The molecule has 5 saturated carbocycles. The van der Waals surface area contributed by atoms with E-state index in [1.54, 1.807) is 5.56 Å². The summed E-state index contributed by atoms with van der Waals surface area (Å²) in [6.07, 6.45) is 11.3. The fraction of sp³-hybridized carbons (Fsp3) is 0.680. The number of rotatable bonds is 4. The number of nitrogens with two attached hydrogens (primary N) is 1. The predicted octanol–water partition coefficient (Wildman–Crippen LogP) is 5.15. The van der Waals surface area contributed by atoms with Gasteiger partial charge in [0.25, 0.3) is 0 Å². The number of hydrogen-bond donors (Lipinski definition) is 1. The molecule has 1 spiro atoms. The van der Waals surface area contributed by atoms with Crippen LogP contribution in [0.2, 0.25) is 0 Å². The maximum absolute atomic E-state index is 5.89. The van der Waals surface area contributed by atoms with E-state index in [1.807, 2.05) is 0 Å². The first-order valence-corrected chi connectivity index (χ1v) is 11.8. The monoisotopic (exact) mass is 392 g/mol. The van der Waals surface area contributed by atoms with E-state index >= 15 is 0 Å². The number of nitrogens with zero attached hydrogens (tertiary/aromatic N) is 1. The van der Waals surface area contributed by atoms with Crippen molar-refractivity contribution in [2.45, 2.75) is 57.3 Å². The average molecular weight is 393 g/mol. The van der Waals surface area contributed by atoms with Crippen LogP contribution in [-0.4, -0.2) is 17.7 Å². The predicted molar refractivity (Wildman–Crippen MR) is 119 cm³/mol. The van der Waals surface area contributed by atoms with E-state index in [4.69, 9.17) is 22.9 Å². The van der Waals surface area contributed by atoms with Crippen LogP contribution in [0.1, 0.15) is 57.4 Å². The number of aliphatic imine (C=N–C) groups is 1. The average Bonchev–Trinajstić information content (AvgIpc) is 2.68. The third kappa shape index (κ3) is 1.85. The summed E-state index contributed by atoms with van der Waals surface area (Å²) >= 11 is 5.89. The second-order valence-corrected chi connectivity index (χ2v) is 11.3. The van der Waals surface area contributed by atoms with Gasteiger partial charge in [0.2, 0.25) is 0 Å². The molecule has 2 nitrogen and oxygen atoms in total. The standard InChI is InChI=1S/C25H32N2S/c1-23-11-19-21(22(28)27-14-17-9-7-16(13-26)8-10-17)20-12-24(15-23,25(19,20)23)18-5-3-2-4-6-18/h2-6,14,16-17,19-21H,7-13,15,26H2,1H3/b27-14+. The largest absolute Gasteiger partial charge is 0.330 e. The second kappa shape index (κ2) is 5.76. The van der Waals surface area contributed by atoms with Gasteiger partial charge in [-0.15, -0.1) is 0 Å². The number of benzene rings is 1. The summed E-state index contributed by atoms with van der Waals surface area (Å²) in [7, 11) is 0. The van der Waals surface area contributed by atoms with Gasteiger partial charge in [-0.1, -0.05) is 49.5 Å². The first-order valence-electron chi connectivity index (χ1n) is 11.4. The Morgan fingerprint density at radius 3 is 2.50 bits per heavy atom. The molecule has 148 valence electrons. The van der Waals surface area contributed by atoms with Crippen LogP contribution in [0.3, 0.4) is 0 Å².